The summed E-state index contributed by atoms with van der Waals surface area (Å²) in [6, 6.07) is 14.5. The summed E-state index contributed by atoms with van der Waals surface area (Å²) in [6.45, 7) is 4.94. The third-order valence-electron chi connectivity index (χ3n) is 4.84. The van der Waals surface area contributed by atoms with E-state index in [9.17, 15) is 14.0 Å². The lowest BCUT2D eigenvalue weighted by Crippen LogP contribution is -2.11. The van der Waals surface area contributed by atoms with Crippen LogP contribution in [0.3, 0.4) is 0 Å². The van der Waals surface area contributed by atoms with Gasteiger partial charge in [0.1, 0.15) is 25.3 Å². The maximum absolute atomic E-state index is 12.6. The highest BCUT2D eigenvalue weighted by molar-refractivity contribution is 5.95. The number of alkyl halides is 2. The Labute approximate surface area is 187 Å². The quantitative estimate of drug-likeness (QED) is 0.287. The number of nitrogens with one attached hydrogen (secondary N) is 1. The number of rotatable bonds is 11. The molecule has 0 aliphatic rings. The molecule has 172 valence electrons. The van der Waals surface area contributed by atoms with Gasteiger partial charge in [-0.25, -0.2) is 0 Å². The van der Waals surface area contributed by atoms with Gasteiger partial charge < -0.3 is 24.1 Å². The first-order valence-electron chi connectivity index (χ1n) is 10.5. The first-order chi connectivity index (χ1) is 15.4. The lowest BCUT2D eigenvalue weighted by Gasteiger charge is -2.12. The minimum absolute atomic E-state index is 0. The number of anilines is 1. The number of aryl methyl sites for hydroxylation is 1. The van der Waals surface area contributed by atoms with Crippen molar-refractivity contribution in [3.05, 3.63) is 48.0 Å². The highest BCUT2D eigenvalue weighted by atomic mass is 19.3. The molecule has 0 amide bonds. The predicted molar refractivity (Wildman–Crippen MR) is 122 cm³/mol. The number of aromatic nitrogens is 1. The topological polar surface area (TPSA) is 68.4 Å². The summed E-state index contributed by atoms with van der Waals surface area (Å²) in [5.74, 6) is 0.521. The predicted octanol–water partition coefficient (Wildman–Crippen LogP) is 6.06. The summed E-state index contributed by atoms with van der Waals surface area (Å²) >= 11 is 0. The lowest BCUT2D eigenvalue weighted by atomic mass is 10.1. The second-order valence-corrected chi connectivity index (χ2v) is 7.62. The number of hydrogen-bond acceptors (Lipinski definition) is 5. The van der Waals surface area contributed by atoms with Crippen LogP contribution in [-0.4, -0.2) is 31.3 Å². The van der Waals surface area contributed by atoms with E-state index in [0.29, 0.717) is 42.3 Å². The molecule has 1 aromatic heterocycles. The number of fused-ring (bicyclic) bond motifs is 1. The molecule has 3 rings (SSSR count). The van der Waals surface area contributed by atoms with Crippen molar-refractivity contribution in [1.82, 2.24) is 4.57 Å². The number of nitrogens with zero attached hydrogens (tertiary/aromatic N) is 2. The van der Waals surface area contributed by atoms with E-state index in [1.54, 1.807) is 12.1 Å². The van der Waals surface area contributed by atoms with E-state index < -0.39 is 6.61 Å². The number of benzene rings is 2. The van der Waals surface area contributed by atoms with Crippen molar-refractivity contribution in [1.29, 1.82) is 5.26 Å². The van der Waals surface area contributed by atoms with Crippen molar-refractivity contribution in [2.24, 2.45) is 5.92 Å². The molecule has 0 radical (unpaired) electrons. The SMILES string of the molecule is CCn1c(-c2ccc(NCOCOCC(C)C)cc2)c(C#N)c2ccc(OC(F)F)cc21.[HH]. The van der Waals surface area contributed by atoms with E-state index in [0.717, 1.165) is 16.9 Å². The number of halogens is 2. The average Bonchev–Trinajstić information content (AvgIpc) is 3.08. The van der Waals surface area contributed by atoms with Crippen molar-refractivity contribution in [3.8, 4) is 23.1 Å². The second kappa shape index (κ2) is 10.9. The highest BCUT2D eigenvalue weighted by Gasteiger charge is 2.19. The Hall–Kier alpha value is -3.15. The minimum atomic E-state index is -2.90. The molecule has 0 fully saturated rings. The Morgan fingerprint density at radius 3 is 2.50 bits per heavy atom. The fourth-order valence-electron chi connectivity index (χ4n) is 3.51. The van der Waals surface area contributed by atoms with Crippen molar-refractivity contribution < 1.29 is 24.4 Å². The van der Waals surface area contributed by atoms with Crippen molar-refractivity contribution in [2.75, 3.05) is 25.4 Å². The third kappa shape index (κ3) is 5.55. The van der Waals surface area contributed by atoms with E-state index in [-0.39, 0.29) is 14.0 Å². The van der Waals surface area contributed by atoms with Crippen molar-refractivity contribution in [3.63, 3.8) is 0 Å². The van der Waals surface area contributed by atoms with Gasteiger partial charge in [-0.3, -0.25) is 0 Å². The molecule has 0 unspecified atom stereocenters. The van der Waals surface area contributed by atoms with Gasteiger partial charge in [-0.2, -0.15) is 14.0 Å². The molecule has 6 nitrogen and oxygen atoms in total. The van der Waals surface area contributed by atoms with Gasteiger partial charge in [-0.1, -0.05) is 26.0 Å². The van der Waals surface area contributed by atoms with Crippen LogP contribution >= 0.6 is 0 Å². The molecular formula is C24H29F2N3O3. The van der Waals surface area contributed by atoms with Crippen LogP contribution < -0.4 is 10.1 Å². The molecule has 0 spiro atoms. The molecule has 1 N–H and O–H groups in total. The van der Waals surface area contributed by atoms with Crippen molar-refractivity contribution >= 4 is 16.6 Å². The van der Waals surface area contributed by atoms with Crippen LogP contribution in [0, 0.1) is 17.2 Å². The van der Waals surface area contributed by atoms with Gasteiger partial charge in [-0.05, 0) is 42.7 Å². The minimum Gasteiger partial charge on any atom is -0.435 e. The summed E-state index contributed by atoms with van der Waals surface area (Å²) < 4.78 is 42.5. The summed E-state index contributed by atoms with van der Waals surface area (Å²) in [7, 11) is 0. The van der Waals surface area contributed by atoms with Crippen molar-refractivity contribution in [2.45, 2.75) is 33.9 Å². The van der Waals surface area contributed by atoms with Crippen LogP contribution in [0.1, 0.15) is 27.8 Å². The fraction of sp³-hybridized carbons (Fsp3) is 0.375. The highest BCUT2D eigenvalue weighted by Crippen LogP contribution is 2.36. The summed E-state index contributed by atoms with van der Waals surface area (Å²) in [5, 5.41) is 13.7. The van der Waals surface area contributed by atoms with Crippen LogP contribution in [0.25, 0.3) is 22.2 Å². The van der Waals surface area contributed by atoms with Gasteiger partial charge >= 0.3 is 6.61 Å². The Balaban J connectivity index is 0.00000385. The molecule has 0 bridgehead atoms. The molecular weight excluding hydrogens is 416 g/mol. The molecule has 8 heteroatoms. The van der Waals surface area contributed by atoms with E-state index in [1.165, 1.54) is 6.07 Å². The number of nitriles is 1. The Morgan fingerprint density at radius 2 is 1.88 bits per heavy atom. The van der Waals surface area contributed by atoms with Crippen LogP contribution in [0.2, 0.25) is 0 Å². The maximum atomic E-state index is 12.6. The van der Waals surface area contributed by atoms with Crippen LogP contribution in [0.15, 0.2) is 42.5 Å². The van der Waals surface area contributed by atoms with Crippen LogP contribution in [0.5, 0.6) is 5.75 Å². The zero-order valence-electron chi connectivity index (χ0n) is 18.4. The van der Waals surface area contributed by atoms with Gasteiger partial charge in [0.2, 0.25) is 0 Å². The summed E-state index contributed by atoms with van der Waals surface area (Å²) in [4.78, 5) is 0. The van der Waals surface area contributed by atoms with Gasteiger partial charge in [0, 0.05) is 25.1 Å². The molecule has 32 heavy (non-hydrogen) atoms. The van der Waals surface area contributed by atoms with Gasteiger partial charge in [0.05, 0.1) is 23.4 Å². The Bertz CT molecular complexity index is 1080. The third-order valence-corrected chi connectivity index (χ3v) is 4.84. The first-order valence-corrected chi connectivity index (χ1v) is 10.5. The molecule has 3 aromatic rings. The molecule has 1 heterocycles. The zero-order chi connectivity index (χ0) is 23.1. The second-order valence-electron chi connectivity index (χ2n) is 7.62. The number of hydrogen-bond donors (Lipinski definition) is 1. The lowest BCUT2D eigenvalue weighted by molar-refractivity contribution is -0.0556. The van der Waals surface area contributed by atoms with E-state index in [4.69, 9.17) is 9.47 Å². The summed E-state index contributed by atoms with van der Waals surface area (Å²) in [5.41, 5.74) is 3.63. The van der Waals surface area contributed by atoms with Gasteiger partial charge in [-0.15, -0.1) is 0 Å². The molecule has 0 aliphatic carbocycles. The molecule has 0 atom stereocenters. The largest absolute Gasteiger partial charge is 0.435 e. The molecule has 0 saturated carbocycles. The first kappa shape index (κ1) is 23.5. The molecule has 0 aliphatic heterocycles. The van der Waals surface area contributed by atoms with Gasteiger partial charge in [0.15, 0.2) is 0 Å². The zero-order valence-corrected chi connectivity index (χ0v) is 18.4. The van der Waals surface area contributed by atoms with Gasteiger partial charge in [0.25, 0.3) is 0 Å². The van der Waals surface area contributed by atoms with E-state index in [2.05, 4.69) is 30.0 Å². The average molecular weight is 446 g/mol. The smallest absolute Gasteiger partial charge is 0.387 e. The molecule has 2 aromatic carbocycles. The number of ether oxygens (including phenoxy) is 3. The van der Waals surface area contributed by atoms with E-state index in [1.807, 2.05) is 35.8 Å². The Morgan fingerprint density at radius 1 is 1.12 bits per heavy atom. The van der Waals surface area contributed by atoms with Crippen LogP contribution in [0.4, 0.5) is 14.5 Å². The summed E-state index contributed by atoms with van der Waals surface area (Å²) in [6.07, 6.45) is 0. The Kier molecular flexibility index (Phi) is 8.03. The van der Waals surface area contributed by atoms with E-state index >= 15 is 0 Å². The molecule has 0 saturated heterocycles. The maximum Gasteiger partial charge on any atom is 0.387 e. The monoisotopic (exact) mass is 445 g/mol. The fourth-order valence-corrected chi connectivity index (χ4v) is 3.51. The van der Waals surface area contributed by atoms with Crippen LogP contribution in [-0.2, 0) is 16.0 Å². The standard InChI is InChI=1S/C24H27F2N3O3.H2/c1-4-29-22-11-19(32-24(25)26)9-10-20(22)21(12-27)23(29)17-5-7-18(8-6-17)28-14-31-15-30-13-16(2)3;/h5-11,16,24,28H,4,13-15H2,1-3H3;1H. The normalized spacial score (nSPS) is 11.3.